The zero-order chi connectivity index (χ0) is 26.3. The second-order valence-electron chi connectivity index (χ2n) is 9.91. The van der Waals surface area contributed by atoms with Gasteiger partial charge in [0, 0.05) is 13.1 Å². The fourth-order valence-electron chi connectivity index (χ4n) is 4.30. The largest absolute Gasteiger partial charge is 0.215 e. The molecule has 2 aromatic rings. The van der Waals surface area contributed by atoms with E-state index in [1.807, 2.05) is 12.1 Å². The van der Waals surface area contributed by atoms with Crippen molar-refractivity contribution in [3.63, 3.8) is 0 Å². The smallest absolute Gasteiger partial charge is 0.215 e. The summed E-state index contributed by atoms with van der Waals surface area (Å²) in [6.07, 6.45) is 5.74. The first-order valence-corrected chi connectivity index (χ1v) is 15.6. The van der Waals surface area contributed by atoms with Crippen LogP contribution in [0, 0.1) is 17.7 Å². The molecule has 0 saturated heterocycles. The van der Waals surface area contributed by atoms with Gasteiger partial charge in [-0.2, -0.15) is 0 Å². The average Bonchev–Trinajstić information content (AvgIpc) is 2.84. The summed E-state index contributed by atoms with van der Waals surface area (Å²) in [7, 11) is -6.73. The van der Waals surface area contributed by atoms with Crippen molar-refractivity contribution in [1.29, 1.82) is 0 Å². The molecule has 0 amide bonds. The minimum atomic E-state index is -3.49. The number of benzene rings is 2. The van der Waals surface area contributed by atoms with Gasteiger partial charge in [0.05, 0.1) is 11.0 Å². The molecule has 2 aromatic carbocycles. The highest BCUT2D eigenvalue weighted by molar-refractivity contribution is 7.90. The van der Waals surface area contributed by atoms with Gasteiger partial charge in [0.15, 0.2) is 0 Å². The third-order valence-corrected chi connectivity index (χ3v) is 9.98. The molecule has 3 rings (SSSR count). The van der Waals surface area contributed by atoms with Crippen molar-refractivity contribution in [3.05, 3.63) is 77.1 Å². The summed E-state index contributed by atoms with van der Waals surface area (Å²) >= 11 is 0. The molecule has 0 radical (unpaired) electrons. The third-order valence-electron chi connectivity index (χ3n) is 6.81. The highest BCUT2D eigenvalue weighted by Gasteiger charge is 2.23. The standard InChI is InChI=1S/C27H37FN2O4S2/c1-20(2)36(33,34)30-18-21(3)24-10-12-26(13-11-24)25-8-4-22(5-9-25)16-17-29-35(31,32)19-23-6-14-27(28)15-7-23/h4-9,12,14-15,20-21,24,29-30H,10-11,13,16-19H2,1-3H3. The van der Waals surface area contributed by atoms with E-state index >= 15 is 0 Å². The van der Waals surface area contributed by atoms with Crippen LogP contribution in [0.2, 0.25) is 0 Å². The Bertz CT molecular complexity index is 1240. The lowest BCUT2D eigenvalue weighted by Crippen LogP contribution is -2.36. The van der Waals surface area contributed by atoms with Crippen LogP contribution >= 0.6 is 0 Å². The van der Waals surface area contributed by atoms with Gasteiger partial charge in [-0.05, 0) is 85.8 Å². The zero-order valence-electron chi connectivity index (χ0n) is 21.2. The summed E-state index contributed by atoms with van der Waals surface area (Å²) in [6.45, 7) is 6.24. The van der Waals surface area contributed by atoms with Crippen LogP contribution in [-0.4, -0.2) is 35.2 Å². The summed E-state index contributed by atoms with van der Waals surface area (Å²) < 4.78 is 67.0. The third kappa shape index (κ3) is 8.50. The number of allylic oxidation sites excluding steroid dienone is 2. The van der Waals surface area contributed by atoms with Gasteiger partial charge in [0.2, 0.25) is 20.0 Å². The van der Waals surface area contributed by atoms with E-state index in [4.69, 9.17) is 0 Å². The predicted octanol–water partition coefficient (Wildman–Crippen LogP) is 4.64. The summed E-state index contributed by atoms with van der Waals surface area (Å²) in [5, 5.41) is -0.424. The van der Waals surface area contributed by atoms with E-state index in [0.29, 0.717) is 31.0 Å². The molecule has 0 saturated carbocycles. The van der Waals surface area contributed by atoms with Gasteiger partial charge in [-0.1, -0.05) is 49.4 Å². The summed E-state index contributed by atoms with van der Waals surface area (Å²) in [5.74, 6) is 0.151. The Labute approximate surface area is 215 Å². The predicted molar refractivity (Wildman–Crippen MR) is 144 cm³/mol. The molecule has 0 fully saturated rings. The van der Waals surface area contributed by atoms with Crippen LogP contribution in [-0.2, 0) is 32.2 Å². The van der Waals surface area contributed by atoms with Crippen LogP contribution in [0.4, 0.5) is 4.39 Å². The topological polar surface area (TPSA) is 92.3 Å². The van der Waals surface area contributed by atoms with E-state index < -0.39 is 31.1 Å². The fourth-order valence-corrected chi connectivity index (χ4v) is 6.28. The minimum absolute atomic E-state index is 0.177. The maximum absolute atomic E-state index is 13.0. The van der Waals surface area contributed by atoms with Gasteiger partial charge >= 0.3 is 0 Å². The molecule has 0 heterocycles. The van der Waals surface area contributed by atoms with Crippen LogP contribution < -0.4 is 9.44 Å². The van der Waals surface area contributed by atoms with Crippen molar-refractivity contribution in [2.24, 2.45) is 11.8 Å². The molecule has 0 bridgehead atoms. The van der Waals surface area contributed by atoms with Crippen molar-refractivity contribution in [2.75, 3.05) is 13.1 Å². The maximum Gasteiger partial charge on any atom is 0.215 e. The van der Waals surface area contributed by atoms with E-state index in [2.05, 4.69) is 34.6 Å². The minimum Gasteiger partial charge on any atom is -0.215 e. The summed E-state index contributed by atoms with van der Waals surface area (Å²) in [5.41, 5.74) is 4.06. The number of sulfonamides is 2. The van der Waals surface area contributed by atoms with Gasteiger partial charge in [-0.3, -0.25) is 0 Å². The average molecular weight is 537 g/mol. The SMILES string of the molecule is CC(CNS(=O)(=O)C(C)C)C1CC=C(c2ccc(CCNS(=O)(=O)Cc3ccc(F)cc3)cc2)CC1. The number of hydrogen-bond acceptors (Lipinski definition) is 4. The van der Waals surface area contributed by atoms with Gasteiger partial charge in [0.25, 0.3) is 0 Å². The van der Waals surface area contributed by atoms with Gasteiger partial charge in [-0.25, -0.2) is 30.7 Å². The lowest BCUT2D eigenvalue weighted by molar-refractivity contribution is 0.334. The van der Waals surface area contributed by atoms with Gasteiger partial charge in [-0.15, -0.1) is 0 Å². The maximum atomic E-state index is 13.0. The highest BCUT2D eigenvalue weighted by Crippen LogP contribution is 2.34. The molecule has 1 aliphatic carbocycles. The van der Waals surface area contributed by atoms with Crippen molar-refractivity contribution in [1.82, 2.24) is 9.44 Å². The molecule has 2 atom stereocenters. The van der Waals surface area contributed by atoms with Crippen LogP contribution in [0.1, 0.15) is 56.7 Å². The van der Waals surface area contributed by atoms with E-state index in [1.54, 1.807) is 13.8 Å². The second kappa shape index (κ2) is 12.4. The van der Waals surface area contributed by atoms with Crippen LogP contribution in [0.25, 0.3) is 5.57 Å². The Morgan fingerprint density at radius 2 is 1.56 bits per heavy atom. The molecule has 0 aromatic heterocycles. The first-order chi connectivity index (χ1) is 16.9. The zero-order valence-corrected chi connectivity index (χ0v) is 22.8. The number of hydrogen-bond donors (Lipinski definition) is 2. The Balaban J connectivity index is 1.46. The molecule has 36 heavy (non-hydrogen) atoms. The molecule has 1 aliphatic rings. The molecule has 0 aliphatic heterocycles. The number of nitrogens with one attached hydrogen (secondary N) is 2. The first-order valence-electron chi connectivity index (χ1n) is 12.4. The Kier molecular flexibility index (Phi) is 9.86. The van der Waals surface area contributed by atoms with Crippen molar-refractivity contribution < 1.29 is 21.2 Å². The molecular formula is C27H37FN2O4S2. The molecule has 9 heteroatoms. The lowest BCUT2D eigenvalue weighted by Gasteiger charge is -2.28. The molecule has 198 valence electrons. The van der Waals surface area contributed by atoms with Crippen LogP contribution in [0.5, 0.6) is 0 Å². The van der Waals surface area contributed by atoms with Crippen molar-refractivity contribution in [3.8, 4) is 0 Å². The Morgan fingerprint density at radius 3 is 2.14 bits per heavy atom. The quantitative estimate of drug-likeness (QED) is 0.414. The lowest BCUT2D eigenvalue weighted by atomic mass is 9.80. The van der Waals surface area contributed by atoms with E-state index in [9.17, 15) is 21.2 Å². The van der Waals surface area contributed by atoms with Gasteiger partial charge < -0.3 is 0 Å². The van der Waals surface area contributed by atoms with Crippen LogP contribution in [0.15, 0.2) is 54.6 Å². The molecule has 2 N–H and O–H groups in total. The number of rotatable bonds is 12. The first kappa shape index (κ1) is 28.5. The molecule has 6 nitrogen and oxygen atoms in total. The molecule has 2 unspecified atom stereocenters. The van der Waals surface area contributed by atoms with Crippen molar-refractivity contribution >= 4 is 25.6 Å². The van der Waals surface area contributed by atoms with Gasteiger partial charge in [0.1, 0.15) is 5.82 Å². The number of halogens is 1. The van der Waals surface area contributed by atoms with E-state index in [0.717, 1.165) is 24.8 Å². The van der Waals surface area contributed by atoms with E-state index in [1.165, 1.54) is 35.4 Å². The van der Waals surface area contributed by atoms with Crippen LogP contribution in [0.3, 0.4) is 0 Å². The fraction of sp³-hybridized carbons (Fsp3) is 0.481. The highest BCUT2D eigenvalue weighted by atomic mass is 32.2. The normalized spacial score (nSPS) is 17.7. The second-order valence-corrected chi connectivity index (χ2v) is 14.0. The summed E-state index contributed by atoms with van der Waals surface area (Å²) in [4.78, 5) is 0. The monoisotopic (exact) mass is 536 g/mol. The molecular weight excluding hydrogens is 499 g/mol. The van der Waals surface area contributed by atoms with Crippen molar-refractivity contribution in [2.45, 2.75) is 57.5 Å². The Morgan fingerprint density at radius 1 is 0.917 bits per heavy atom. The summed E-state index contributed by atoms with van der Waals surface area (Å²) in [6, 6.07) is 13.7. The van der Waals surface area contributed by atoms with E-state index in [-0.39, 0.29) is 11.7 Å². The Hall–Kier alpha value is -2.07. The molecule has 0 spiro atoms.